The molecule has 3 aromatic rings. The summed E-state index contributed by atoms with van der Waals surface area (Å²) in [6, 6.07) is 16.2. The minimum Gasteiger partial charge on any atom is -0.508 e. The van der Waals surface area contributed by atoms with Gasteiger partial charge in [0.1, 0.15) is 17.4 Å². The number of rotatable bonds is 7. The summed E-state index contributed by atoms with van der Waals surface area (Å²) < 4.78 is 4.47. The molecule has 6 nitrogen and oxygen atoms in total. The van der Waals surface area contributed by atoms with Crippen LogP contribution >= 0.6 is 20.5 Å². The number of anilines is 1. The number of phenols is 1. The number of nitrogens with zero attached hydrogens (tertiary/aromatic N) is 3. The fourth-order valence-electron chi connectivity index (χ4n) is 4.60. The second kappa shape index (κ2) is 10.4. The number of aryl methyl sites for hydroxylation is 1. The van der Waals surface area contributed by atoms with Crippen molar-refractivity contribution in [2.24, 2.45) is 5.92 Å². The van der Waals surface area contributed by atoms with Crippen LogP contribution in [0.5, 0.6) is 5.75 Å². The highest BCUT2D eigenvalue weighted by Gasteiger charge is 2.26. The van der Waals surface area contributed by atoms with Crippen LogP contribution in [-0.4, -0.2) is 45.5 Å². The van der Waals surface area contributed by atoms with Crippen LogP contribution in [0.15, 0.2) is 65.7 Å². The van der Waals surface area contributed by atoms with Gasteiger partial charge in [0, 0.05) is 35.4 Å². The van der Waals surface area contributed by atoms with E-state index in [0.29, 0.717) is 20.2 Å². The molecule has 2 aliphatic heterocycles. The zero-order valence-corrected chi connectivity index (χ0v) is 21.5. The van der Waals surface area contributed by atoms with Crippen molar-refractivity contribution in [2.45, 2.75) is 30.7 Å². The van der Waals surface area contributed by atoms with Gasteiger partial charge in [0.25, 0.3) is 0 Å². The van der Waals surface area contributed by atoms with E-state index in [1.54, 1.807) is 6.07 Å². The Morgan fingerprint density at radius 2 is 2.03 bits per heavy atom. The Bertz CT molecular complexity index is 1160. The molecule has 8 heteroatoms. The molecule has 1 fully saturated rings. The summed E-state index contributed by atoms with van der Waals surface area (Å²) in [7, 11) is 0.643. The molecule has 0 bridgehead atoms. The third kappa shape index (κ3) is 5.12. The van der Waals surface area contributed by atoms with Gasteiger partial charge in [-0.1, -0.05) is 44.5 Å². The molecule has 178 valence electrons. The molecule has 0 spiro atoms. The second-order valence-corrected chi connectivity index (χ2v) is 11.2. The fourth-order valence-corrected chi connectivity index (χ4v) is 6.26. The summed E-state index contributed by atoms with van der Waals surface area (Å²) in [5.41, 5.74) is 2.17. The SMILES string of the molecule is CPc1cnn2c1NC(c1ccccc1O)C=C2NCC1CCCN(Sc2ccc(C)cc2)C1. The third-order valence-corrected chi connectivity index (χ3v) is 8.44. The molecule has 1 aromatic heterocycles. The molecule has 3 heterocycles. The van der Waals surface area contributed by atoms with Crippen LogP contribution in [0.4, 0.5) is 5.82 Å². The lowest BCUT2D eigenvalue weighted by atomic mass is 9.99. The van der Waals surface area contributed by atoms with Gasteiger partial charge in [0.15, 0.2) is 0 Å². The number of hydrogen-bond acceptors (Lipinski definition) is 6. The Morgan fingerprint density at radius 1 is 1.21 bits per heavy atom. The quantitative estimate of drug-likeness (QED) is 0.325. The molecule has 3 atom stereocenters. The predicted molar refractivity (Wildman–Crippen MR) is 144 cm³/mol. The normalized spacial score (nSPS) is 20.7. The average Bonchev–Trinajstić information content (AvgIpc) is 3.28. The number of benzene rings is 2. The van der Waals surface area contributed by atoms with Crippen molar-refractivity contribution in [3.05, 3.63) is 71.9 Å². The van der Waals surface area contributed by atoms with Crippen molar-refractivity contribution < 1.29 is 5.11 Å². The van der Waals surface area contributed by atoms with Gasteiger partial charge >= 0.3 is 0 Å². The second-order valence-electron chi connectivity index (χ2n) is 8.98. The molecule has 0 amide bonds. The van der Waals surface area contributed by atoms with E-state index < -0.39 is 0 Å². The standard InChI is InChI=1S/C26H32N5OPS/c1-18-9-11-20(12-10-18)34-30-13-5-6-19(17-30)15-27-25-14-22(21-7-3-4-8-23(21)32)29-26-24(33-2)16-28-31(25)26/h3-4,7-12,14,16,19,22,27,29,32-33H,5-6,13,15,17H2,1-2H3. The van der Waals surface area contributed by atoms with Crippen LogP contribution in [0, 0.1) is 12.8 Å². The van der Waals surface area contributed by atoms with E-state index in [1.165, 1.54) is 28.6 Å². The lowest BCUT2D eigenvalue weighted by Gasteiger charge is -2.33. The maximum Gasteiger partial charge on any atom is 0.139 e. The summed E-state index contributed by atoms with van der Waals surface area (Å²) in [5.74, 6) is 2.87. The Kier molecular flexibility index (Phi) is 7.14. The first-order chi connectivity index (χ1) is 16.6. The molecular formula is C26H32N5OPS. The van der Waals surface area contributed by atoms with Crippen molar-refractivity contribution in [3.63, 3.8) is 0 Å². The van der Waals surface area contributed by atoms with Crippen LogP contribution in [-0.2, 0) is 0 Å². The van der Waals surface area contributed by atoms with Gasteiger partial charge in [-0.15, -0.1) is 0 Å². The number of para-hydroxylation sites is 1. The predicted octanol–water partition coefficient (Wildman–Crippen LogP) is 4.80. The summed E-state index contributed by atoms with van der Waals surface area (Å²) in [6.45, 7) is 7.38. The molecule has 2 aromatic carbocycles. The number of piperidine rings is 1. The topological polar surface area (TPSA) is 65.3 Å². The Morgan fingerprint density at radius 3 is 2.82 bits per heavy atom. The lowest BCUT2D eigenvalue weighted by molar-refractivity contribution is 0.283. The Balaban J connectivity index is 1.29. The Labute approximate surface area is 207 Å². The molecule has 2 aliphatic rings. The van der Waals surface area contributed by atoms with Crippen LogP contribution in [0.3, 0.4) is 0 Å². The van der Waals surface area contributed by atoms with Gasteiger partial charge in [-0.3, -0.25) is 0 Å². The van der Waals surface area contributed by atoms with Crippen molar-refractivity contribution in [1.29, 1.82) is 0 Å². The molecule has 0 aliphatic carbocycles. The summed E-state index contributed by atoms with van der Waals surface area (Å²) in [4.78, 5) is 1.31. The molecule has 1 saturated heterocycles. The molecule has 34 heavy (non-hydrogen) atoms. The highest BCUT2D eigenvalue weighted by atomic mass is 32.2. The summed E-state index contributed by atoms with van der Waals surface area (Å²) in [6.07, 6.45) is 6.52. The number of fused-ring (bicyclic) bond motifs is 1. The van der Waals surface area contributed by atoms with E-state index in [1.807, 2.05) is 41.0 Å². The van der Waals surface area contributed by atoms with E-state index in [0.717, 1.165) is 36.8 Å². The van der Waals surface area contributed by atoms with E-state index in [9.17, 15) is 5.11 Å². The van der Waals surface area contributed by atoms with Crippen LogP contribution in [0.1, 0.15) is 30.0 Å². The zero-order chi connectivity index (χ0) is 23.5. The number of aromatic nitrogens is 2. The van der Waals surface area contributed by atoms with Crippen LogP contribution in [0.25, 0.3) is 5.82 Å². The van der Waals surface area contributed by atoms with E-state index >= 15 is 0 Å². The summed E-state index contributed by atoms with van der Waals surface area (Å²) in [5, 5.41) is 23.6. The van der Waals surface area contributed by atoms with Gasteiger partial charge in [-0.2, -0.15) is 5.10 Å². The molecule has 0 radical (unpaired) electrons. The maximum atomic E-state index is 10.5. The number of nitrogens with one attached hydrogen (secondary N) is 2. The minimum absolute atomic E-state index is 0.108. The first-order valence-electron chi connectivity index (χ1n) is 11.9. The number of hydrogen-bond donors (Lipinski definition) is 3. The molecule has 5 rings (SSSR count). The van der Waals surface area contributed by atoms with Crippen LogP contribution in [0.2, 0.25) is 0 Å². The molecule has 0 saturated carbocycles. The maximum absolute atomic E-state index is 10.5. The van der Waals surface area contributed by atoms with Gasteiger partial charge < -0.3 is 15.7 Å². The Hall–Kier alpha value is -2.47. The molecule has 3 unspecified atom stereocenters. The highest BCUT2D eigenvalue weighted by molar-refractivity contribution is 7.97. The van der Waals surface area contributed by atoms with Gasteiger partial charge in [-0.05, 0) is 68.6 Å². The molecular weight excluding hydrogens is 461 g/mol. The van der Waals surface area contributed by atoms with Gasteiger partial charge in [0.2, 0.25) is 0 Å². The van der Waals surface area contributed by atoms with E-state index in [4.69, 9.17) is 0 Å². The average molecular weight is 494 g/mol. The number of phenolic OH excluding ortho intramolecular Hbond substituents is 1. The monoisotopic (exact) mass is 493 g/mol. The lowest BCUT2D eigenvalue weighted by Crippen LogP contribution is -2.37. The van der Waals surface area contributed by atoms with Crippen molar-refractivity contribution >= 4 is 37.5 Å². The first-order valence-corrected chi connectivity index (χ1v) is 14.1. The van der Waals surface area contributed by atoms with E-state index in [2.05, 4.69) is 64.0 Å². The third-order valence-electron chi connectivity index (χ3n) is 6.46. The first kappa shape index (κ1) is 23.3. The number of aromatic hydroxyl groups is 1. The van der Waals surface area contributed by atoms with Gasteiger partial charge in [0.05, 0.1) is 12.2 Å². The zero-order valence-electron chi connectivity index (χ0n) is 19.7. The minimum atomic E-state index is -0.108. The summed E-state index contributed by atoms with van der Waals surface area (Å²) >= 11 is 1.87. The van der Waals surface area contributed by atoms with Crippen molar-refractivity contribution in [2.75, 3.05) is 31.6 Å². The van der Waals surface area contributed by atoms with Crippen molar-refractivity contribution in [3.8, 4) is 5.75 Å². The van der Waals surface area contributed by atoms with E-state index in [-0.39, 0.29) is 6.04 Å². The highest BCUT2D eigenvalue weighted by Crippen LogP contribution is 2.34. The fraction of sp³-hybridized carbons (Fsp3) is 0.346. The van der Waals surface area contributed by atoms with Crippen molar-refractivity contribution in [1.82, 2.24) is 19.4 Å². The van der Waals surface area contributed by atoms with Gasteiger partial charge in [-0.25, -0.2) is 8.99 Å². The van der Waals surface area contributed by atoms with Crippen LogP contribution < -0.4 is 15.9 Å². The smallest absolute Gasteiger partial charge is 0.139 e. The molecule has 3 N–H and O–H groups in total. The largest absolute Gasteiger partial charge is 0.508 e.